The molecule has 1 aromatic heterocycles. The summed E-state index contributed by atoms with van der Waals surface area (Å²) >= 11 is 0. The van der Waals surface area contributed by atoms with Crippen LogP contribution in [0.4, 0.5) is 0 Å². The van der Waals surface area contributed by atoms with E-state index in [1.807, 2.05) is 23.2 Å². The summed E-state index contributed by atoms with van der Waals surface area (Å²) in [5, 5.41) is 0. The molecule has 1 aliphatic carbocycles. The number of hydrogen-bond acceptors (Lipinski definition) is 3. The van der Waals surface area contributed by atoms with Crippen molar-refractivity contribution in [3.8, 4) is 0 Å². The number of likely N-dealkylation sites (tertiary alicyclic amines) is 1. The van der Waals surface area contributed by atoms with E-state index in [4.69, 9.17) is 9.47 Å². The van der Waals surface area contributed by atoms with Gasteiger partial charge in [0.1, 0.15) is 0 Å². The fourth-order valence-corrected chi connectivity index (χ4v) is 3.73. The first kappa shape index (κ1) is 15.2. The molecule has 3 aliphatic rings. The van der Waals surface area contributed by atoms with Crippen LogP contribution in [-0.4, -0.2) is 53.8 Å². The molecule has 5 nitrogen and oxygen atoms in total. The molecule has 2 unspecified atom stereocenters. The van der Waals surface area contributed by atoms with Gasteiger partial charge in [0.05, 0.1) is 18.3 Å². The summed E-state index contributed by atoms with van der Waals surface area (Å²) in [7, 11) is 0. The zero-order valence-corrected chi connectivity index (χ0v) is 13.6. The van der Waals surface area contributed by atoms with Crippen molar-refractivity contribution in [2.75, 3.05) is 26.3 Å². The Balaban J connectivity index is 1.24. The molecule has 1 saturated carbocycles. The molecule has 1 spiro atoms. The predicted octanol–water partition coefficient (Wildman–Crippen LogP) is 2.13. The van der Waals surface area contributed by atoms with Crippen LogP contribution in [0.5, 0.6) is 0 Å². The Kier molecular flexibility index (Phi) is 4.16. The number of nitrogens with zero attached hydrogens (tertiary/aromatic N) is 1. The zero-order chi connectivity index (χ0) is 15.7. The standard InChI is InChI=1S/C18H26N2O3/c21-17(6-5-15-2-1-8-19-15)20-9-7-18(13-20)10-16(12-23-18)22-11-14-3-4-14/h1-2,8,14,16,19H,3-7,9-13H2. The summed E-state index contributed by atoms with van der Waals surface area (Å²) in [5.41, 5.74) is 0.981. The molecule has 3 heterocycles. The number of carbonyl (C=O) groups excluding carboxylic acids is 1. The second-order valence-electron chi connectivity index (χ2n) is 7.36. The number of aromatic nitrogens is 1. The maximum absolute atomic E-state index is 12.4. The summed E-state index contributed by atoms with van der Waals surface area (Å²) in [4.78, 5) is 17.5. The molecule has 4 rings (SSSR count). The third-order valence-electron chi connectivity index (χ3n) is 5.38. The Morgan fingerprint density at radius 1 is 1.48 bits per heavy atom. The van der Waals surface area contributed by atoms with E-state index in [2.05, 4.69) is 4.98 Å². The van der Waals surface area contributed by atoms with Gasteiger partial charge in [-0.2, -0.15) is 0 Å². The van der Waals surface area contributed by atoms with Crippen molar-refractivity contribution in [2.24, 2.45) is 5.92 Å². The summed E-state index contributed by atoms with van der Waals surface area (Å²) in [6.45, 7) is 3.14. The lowest BCUT2D eigenvalue weighted by molar-refractivity contribution is -0.131. The minimum absolute atomic E-state index is 0.143. The molecule has 0 radical (unpaired) electrons. The molecule has 1 amide bonds. The first-order valence-corrected chi connectivity index (χ1v) is 8.88. The third kappa shape index (κ3) is 3.61. The Bertz CT molecular complexity index is 540. The summed E-state index contributed by atoms with van der Waals surface area (Å²) in [6.07, 6.45) is 8.01. The van der Waals surface area contributed by atoms with Gasteiger partial charge in [-0.25, -0.2) is 0 Å². The zero-order valence-electron chi connectivity index (χ0n) is 13.6. The molecule has 2 saturated heterocycles. The maximum Gasteiger partial charge on any atom is 0.223 e. The van der Waals surface area contributed by atoms with E-state index in [0.717, 1.165) is 50.6 Å². The lowest BCUT2D eigenvalue weighted by Crippen LogP contribution is -2.36. The number of amides is 1. The number of ether oxygens (including phenoxy) is 2. The monoisotopic (exact) mass is 318 g/mol. The van der Waals surface area contributed by atoms with Gasteiger partial charge in [-0.1, -0.05) is 0 Å². The van der Waals surface area contributed by atoms with Crippen molar-refractivity contribution in [1.29, 1.82) is 0 Å². The SMILES string of the molecule is O=C(CCc1ccc[nH]1)N1CCC2(CC(OCC3CC3)CO2)C1. The largest absolute Gasteiger partial charge is 0.375 e. The van der Waals surface area contributed by atoms with Gasteiger partial charge in [0.15, 0.2) is 0 Å². The van der Waals surface area contributed by atoms with Crippen molar-refractivity contribution in [3.05, 3.63) is 24.0 Å². The van der Waals surface area contributed by atoms with Gasteiger partial charge < -0.3 is 19.4 Å². The Morgan fingerprint density at radius 2 is 2.39 bits per heavy atom. The van der Waals surface area contributed by atoms with Gasteiger partial charge in [0, 0.05) is 44.4 Å². The third-order valence-corrected chi connectivity index (χ3v) is 5.38. The van der Waals surface area contributed by atoms with Gasteiger partial charge in [-0.3, -0.25) is 4.79 Å². The summed E-state index contributed by atoms with van der Waals surface area (Å²) in [6, 6.07) is 4.00. The molecule has 5 heteroatoms. The van der Waals surface area contributed by atoms with Crippen LogP contribution >= 0.6 is 0 Å². The highest BCUT2D eigenvalue weighted by molar-refractivity contribution is 5.76. The Labute approximate surface area is 137 Å². The van der Waals surface area contributed by atoms with Crippen LogP contribution in [-0.2, 0) is 20.7 Å². The van der Waals surface area contributed by atoms with E-state index in [1.165, 1.54) is 12.8 Å². The van der Waals surface area contributed by atoms with Crippen molar-refractivity contribution in [3.63, 3.8) is 0 Å². The molecule has 1 N–H and O–H groups in total. The minimum atomic E-state index is -0.143. The molecular formula is C18H26N2O3. The molecule has 2 aliphatic heterocycles. The number of hydrogen-bond donors (Lipinski definition) is 1. The van der Waals surface area contributed by atoms with Crippen LogP contribution in [0.2, 0.25) is 0 Å². The Morgan fingerprint density at radius 3 is 3.17 bits per heavy atom. The Hall–Kier alpha value is -1.33. The highest BCUT2D eigenvalue weighted by Crippen LogP contribution is 2.37. The lowest BCUT2D eigenvalue weighted by Gasteiger charge is -2.23. The van der Waals surface area contributed by atoms with Crippen LogP contribution in [0.1, 0.15) is 37.8 Å². The van der Waals surface area contributed by atoms with Crippen LogP contribution in [0.25, 0.3) is 0 Å². The van der Waals surface area contributed by atoms with Crippen LogP contribution in [0.3, 0.4) is 0 Å². The van der Waals surface area contributed by atoms with Crippen LogP contribution in [0.15, 0.2) is 18.3 Å². The van der Waals surface area contributed by atoms with E-state index >= 15 is 0 Å². The average molecular weight is 318 g/mol. The van der Waals surface area contributed by atoms with E-state index < -0.39 is 0 Å². The molecule has 23 heavy (non-hydrogen) atoms. The van der Waals surface area contributed by atoms with Crippen molar-refractivity contribution >= 4 is 5.91 Å². The number of carbonyl (C=O) groups is 1. The first-order chi connectivity index (χ1) is 11.2. The van der Waals surface area contributed by atoms with E-state index in [0.29, 0.717) is 13.0 Å². The highest BCUT2D eigenvalue weighted by Gasteiger charge is 2.47. The number of nitrogens with one attached hydrogen (secondary N) is 1. The average Bonchev–Trinajstić information content (AvgIpc) is 2.97. The smallest absolute Gasteiger partial charge is 0.223 e. The number of aryl methyl sites for hydroxylation is 1. The minimum Gasteiger partial charge on any atom is -0.375 e. The predicted molar refractivity (Wildman–Crippen MR) is 86.1 cm³/mol. The van der Waals surface area contributed by atoms with E-state index in [1.54, 1.807) is 0 Å². The van der Waals surface area contributed by atoms with E-state index in [-0.39, 0.29) is 17.6 Å². The van der Waals surface area contributed by atoms with Crippen molar-refractivity contribution in [1.82, 2.24) is 9.88 Å². The van der Waals surface area contributed by atoms with Crippen LogP contribution < -0.4 is 0 Å². The maximum atomic E-state index is 12.4. The van der Waals surface area contributed by atoms with Crippen molar-refractivity contribution in [2.45, 2.75) is 50.2 Å². The number of rotatable bonds is 6. The molecule has 1 aromatic rings. The summed E-state index contributed by atoms with van der Waals surface area (Å²) < 4.78 is 12.0. The second kappa shape index (κ2) is 6.29. The van der Waals surface area contributed by atoms with Gasteiger partial charge in [0.25, 0.3) is 0 Å². The fourth-order valence-electron chi connectivity index (χ4n) is 3.73. The molecular weight excluding hydrogens is 292 g/mol. The second-order valence-corrected chi connectivity index (χ2v) is 7.36. The van der Waals surface area contributed by atoms with Gasteiger partial charge in [-0.05, 0) is 43.7 Å². The lowest BCUT2D eigenvalue weighted by atomic mass is 9.98. The van der Waals surface area contributed by atoms with Gasteiger partial charge >= 0.3 is 0 Å². The normalized spacial score (nSPS) is 30.4. The molecule has 0 aromatic carbocycles. The quantitative estimate of drug-likeness (QED) is 0.874. The topological polar surface area (TPSA) is 54.6 Å². The van der Waals surface area contributed by atoms with Crippen molar-refractivity contribution < 1.29 is 14.3 Å². The van der Waals surface area contributed by atoms with E-state index in [9.17, 15) is 4.79 Å². The summed E-state index contributed by atoms with van der Waals surface area (Å²) in [5.74, 6) is 1.03. The molecule has 126 valence electrons. The van der Waals surface area contributed by atoms with Gasteiger partial charge in [0.2, 0.25) is 5.91 Å². The molecule has 3 fully saturated rings. The fraction of sp³-hybridized carbons (Fsp3) is 0.722. The molecule has 2 atom stereocenters. The first-order valence-electron chi connectivity index (χ1n) is 8.88. The van der Waals surface area contributed by atoms with Crippen LogP contribution in [0, 0.1) is 5.92 Å². The molecule has 0 bridgehead atoms. The number of H-pyrrole nitrogens is 1. The number of aromatic amines is 1. The highest BCUT2D eigenvalue weighted by atomic mass is 16.6. The van der Waals surface area contributed by atoms with Gasteiger partial charge in [-0.15, -0.1) is 0 Å².